The van der Waals surface area contributed by atoms with E-state index in [4.69, 9.17) is 0 Å². The SMILES string of the molecule is Cc1ccnc(-c2ccc(NC(=O)NC(C)c3nnnn3C3CC3)cc2)n1. The lowest BCUT2D eigenvalue weighted by Crippen LogP contribution is -2.32. The number of carbonyl (C=O) groups is 1. The number of carbonyl (C=O) groups excluding carboxylic acids is 1. The highest BCUT2D eigenvalue weighted by Crippen LogP contribution is 2.35. The fourth-order valence-corrected chi connectivity index (χ4v) is 2.78. The van der Waals surface area contributed by atoms with Crippen LogP contribution in [0.2, 0.25) is 0 Å². The Balaban J connectivity index is 1.38. The Hall–Kier alpha value is -3.36. The molecule has 2 aromatic heterocycles. The van der Waals surface area contributed by atoms with Crippen LogP contribution in [0, 0.1) is 6.92 Å². The van der Waals surface area contributed by atoms with Gasteiger partial charge in [-0.1, -0.05) is 0 Å². The van der Waals surface area contributed by atoms with Crippen molar-refractivity contribution in [1.82, 2.24) is 35.5 Å². The third kappa shape index (κ3) is 3.91. The fourth-order valence-electron chi connectivity index (χ4n) is 2.78. The summed E-state index contributed by atoms with van der Waals surface area (Å²) >= 11 is 0. The zero-order valence-electron chi connectivity index (χ0n) is 15.1. The summed E-state index contributed by atoms with van der Waals surface area (Å²) in [6.45, 7) is 3.79. The van der Waals surface area contributed by atoms with Gasteiger partial charge in [0.15, 0.2) is 11.6 Å². The molecule has 1 aromatic carbocycles. The smallest absolute Gasteiger partial charge is 0.319 e. The zero-order valence-corrected chi connectivity index (χ0v) is 15.1. The fraction of sp³-hybridized carbons (Fsp3) is 0.333. The maximum atomic E-state index is 12.3. The first-order valence-corrected chi connectivity index (χ1v) is 8.85. The maximum absolute atomic E-state index is 12.3. The van der Waals surface area contributed by atoms with Crippen molar-refractivity contribution in [3.63, 3.8) is 0 Å². The van der Waals surface area contributed by atoms with Gasteiger partial charge in [-0.05, 0) is 67.4 Å². The number of urea groups is 1. The Morgan fingerprint density at radius 2 is 2.00 bits per heavy atom. The number of anilines is 1. The molecule has 138 valence electrons. The monoisotopic (exact) mass is 364 g/mol. The number of aryl methyl sites for hydroxylation is 1. The molecular formula is C18H20N8O. The molecule has 4 rings (SSSR count). The van der Waals surface area contributed by atoms with Gasteiger partial charge in [-0.15, -0.1) is 5.10 Å². The predicted octanol–water partition coefficient (Wildman–Crippen LogP) is 2.66. The van der Waals surface area contributed by atoms with Gasteiger partial charge in [0.25, 0.3) is 0 Å². The standard InChI is InChI=1S/C18H20N8O/c1-11-9-10-19-16(20-11)13-3-5-14(6-4-13)22-18(27)21-12(2)17-23-24-25-26(17)15-7-8-15/h3-6,9-10,12,15H,7-8H2,1-2H3,(H2,21,22,27). The van der Waals surface area contributed by atoms with E-state index in [0.717, 1.165) is 24.1 Å². The van der Waals surface area contributed by atoms with Crippen LogP contribution in [0.3, 0.4) is 0 Å². The molecule has 1 saturated carbocycles. The molecule has 2 heterocycles. The van der Waals surface area contributed by atoms with Crippen LogP contribution in [0.1, 0.15) is 43.4 Å². The highest BCUT2D eigenvalue weighted by Gasteiger charge is 2.29. The maximum Gasteiger partial charge on any atom is 0.319 e. The van der Waals surface area contributed by atoms with Crippen LogP contribution in [0.25, 0.3) is 11.4 Å². The molecule has 0 aliphatic heterocycles. The topological polar surface area (TPSA) is 111 Å². The van der Waals surface area contributed by atoms with Crippen LogP contribution in [0.15, 0.2) is 36.5 Å². The first-order chi connectivity index (χ1) is 13.1. The van der Waals surface area contributed by atoms with Crippen molar-refractivity contribution in [3.8, 4) is 11.4 Å². The lowest BCUT2D eigenvalue weighted by atomic mass is 10.2. The average molecular weight is 364 g/mol. The van der Waals surface area contributed by atoms with E-state index in [2.05, 4.69) is 36.1 Å². The van der Waals surface area contributed by atoms with Crippen molar-refractivity contribution in [3.05, 3.63) is 48.0 Å². The first kappa shape index (κ1) is 17.1. The number of nitrogens with one attached hydrogen (secondary N) is 2. The summed E-state index contributed by atoms with van der Waals surface area (Å²) in [6, 6.07) is 9.00. The van der Waals surface area contributed by atoms with Gasteiger partial charge in [0.05, 0.1) is 12.1 Å². The summed E-state index contributed by atoms with van der Waals surface area (Å²) < 4.78 is 1.79. The zero-order chi connectivity index (χ0) is 18.8. The number of hydrogen-bond donors (Lipinski definition) is 2. The molecule has 1 aliphatic carbocycles. The summed E-state index contributed by atoms with van der Waals surface area (Å²) in [5.41, 5.74) is 2.48. The van der Waals surface area contributed by atoms with Gasteiger partial charge in [-0.3, -0.25) is 0 Å². The molecule has 2 N–H and O–H groups in total. The second kappa shape index (κ2) is 7.10. The highest BCUT2D eigenvalue weighted by atomic mass is 16.2. The predicted molar refractivity (Wildman–Crippen MR) is 98.9 cm³/mol. The van der Waals surface area contributed by atoms with Gasteiger partial charge in [0.2, 0.25) is 0 Å². The molecule has 27 heavy (non-hydrogen) atoms. The van der Waals surface area contributed by atoms with Gasteiger partial charge in [-0.25, -0.2) is 19.4 Å². The number of aromatic nitrogens is 6. The largest absolute Gasteiger partial charge is 0.328 e. The van der Waals surface area contributed by atoms with E-state index in [1.165, 1.54) is 0 Å². The molecule has 1 unspecified atom stereocenters. The summed E-state index contributed by atoms with van der Waals surface area (Å²) in [6.07, 6.45) is 3.88. The average Bonchev–Trinajstić information content (AvgIpc) is 3.38. The number of rotatable bonds is 5. The van der Waals surface area contributed by atoms with Crippen molar-refractivity contribution in [2.45, 2.75) is 38.8 Å². The summed E-state index contributed by atoms with van der Waals surface area (Å²) in [7, 11) is 0. The van der Waals surface area contributed by atoms with Gasteiger partial charge in [-0.2, -0.15) is 0 Å². The molecule has 1 atom stereocenters. The lowest BCUT2D eigenvalue weighted by molar-refractivity contribution is 0.248. The van der Waals surface area contributed by atoms with Crippen LogP contribution >= 0.6 is 0 Å². The van der Waals surface area contributed by atoms with E-state index < -0.39 is 0 Å². The minimum absolute atomic E-state index is 0.291. The molecule has 0 bridgehead atoms. The lowest BCUT2D eigenvalue weighted by Gasteiger charge is -2.14. The minimum Gasteiger partial charge on any atom is -0.328 e. The quantitative estimate of drug-likeness (QED) is 0.720. The summed E-state index contributed by atoms with van der Waals surface area (Å²) in [4.78, 5) is 21.0. The van der Waals surface area contributed by atoms with Crippen LogP contribution in [-0.2, 0) is 0 Å². The number of benzene rings is 1. The van der Waals surface area contributed by atoms with E-state index in [1.54, 1.807) is 10.9 Å². The molecule has 9 nitrogen and oxygen atoms in total. The van der Waals surface area contributed by atoms with Crippen LogP contribution < -0.4 is 10.6 Å². The minimum atomic E-state index is -0.313. The normalized spacial score (nSPS) is 14.6. The van der Waals surface area contributed by atoms with Gasteiger partial charge in [0, 0.05) is 23.1 Å². The Morgan fingerprint density at radius 3 is 2.70 bits per heavy atom. The highest BCUT2D eigenvalue weighted by molar-refractivity contribution is 5.89. The van der Waals surface area contributed by atoms with Crippen LogP contribution in [0.5, 0.6) is 0 Å². The van der Waals surface area contributed by atoms with Crippen molar-refractivity contribution < 1.29 is 4.79 Å². The Kier molecular flexibility index (Phi) is 4.49. The van der Waals surface area contributed by atoms with E-state index >= 15 is 0 Å². The third-order valence-corrected chi connectivity index (χ3v) is 4.34. The second-order valence-electron chi connectivity index (χ2n) is 6.63. The van der Waals surface area contributed by atoms with Gasteiger partial charge >= 0.3 is 6.03 Å². The van der Waals surface area contributed by atoms with E-state index in [-0.39, 0.29) is 12.1 Å². The molecule has 1 aliphatic rings. The van der Waals surface area contributed by atoms with E-state index in [9.17, 15) is 4.79 Å². The molecule has 0 radical (unpaired) electrons. The molecule has 2 amide bonds. The Morgan fingerprint density at radius 1 is 1.22 bits per heavy atom. The molecular weight excluding hydrogens is 344 g/mol. The summed E-state index contributed by atoms with van der Waals surface area (Å²) in [5, 5.41) is 17.5. The molecule has 0 spiro atoms. The summed E-state index contributed by atoms with van der Waals surface area (Å²) in [5.74, 6) is 1.33. The number of nitrogens with zero attached hydrogens (tertiary/aromatic N) is 6. The second-order valence-corrected chi connectivity index (χ2v) is 6.63. The van der Waals surface area contributed by atoms with Crippen molar-refractivity contribution in [2.24, 2.45) is 0 Å². The number of amides is 2. The van der Waals surface area contributed by atoms with Crippen molar-refractivity contribution >= 4 is 11.7 Å². The van der Waals surface area contributed by atoms with Gasteiger partial charge < -0.3 is 10.6 Å². The molecule has 3 aromatic rings. The Bertz CT molecular complexity index is 948. The van der Waals surface area contributed by atoms with Crippen molar-refractivity contribution in [1.29, 1.82) is 0 Å². The number of hydrogen-bond acceptors (Lipinski definition) is 6. The van der Waals surface area contributed by atoms with Crippen molar-refractivity contribution in [2.75, 3.05) is 5.32 Å². The van der Waals surface area contributed by atoms with E-state index in [0.29, 0.717) is 23.4 Å². The molecule has 9 heteroatoms. The first-order valence-electron chi connectivity index (χ1n) is 8.85. The molecule has 1 fully saturated rings. The third-order valence-electron chi connectivity index (χ3n) is 4.34. The number of tetrazole rings is 1. The Labute approximate surface area is 156 Å². The van der Waals surface area contributed by atoms with Crippen LogP contribution in [0.4, 0.5) is 10.5 Å². The van der Waals surface area contributed by atoms with E-state index in [1.807, 2.05) is 44.2 Å². The van der Waals surface area contributed by atoms with Gasteiger partial charge in [0.1, 0.15) is 0 Å². The molecule has 0 saturated heterocycles. The van der Waals surface area contributed by atoms with Crippen LogP contribution in [-0.4, -0.2) is 36.2 Å².